The summed E-state index contributed by atoms with van der Waals surface area (Å²) in [6, 6.07) is -0.705. The lowest BCUT2D eigenvalue weighted by Crippen LogP contribution is -2.56. The van der Waals surface area contributed by atoms with Crippen LogP contribution >= 0.6 is 0 Å². The molecular formula is C13H21N3O4. The fourth-order valence-electron chi connectivity index (χ4n) is 3.61. The van der Waals surface area contributed by atoms with Crippen molar-refractivity contribution in [3.63, 3.8) is 0 Å². The highest BCUT2D eigenvalue weighted by Gasteiger charge is 2.42. The van der Waals surface area contributed by atoms with Crippen molar-refractivity contribution in [1.29, 1.82) is 0 Å². The number of likely N-dealkylation sites (tertiary alicyclic amines) is 1. The highest BCUT2D eigenvalue weighted by atomic mass is 16.4. The maximum Gasteiger partial charge on any atom is 0.326 e. The quantitative estimate of drug-likeness (QED) is 0.672. The number of piperazine rings is 1. The van der Waals surface area contributed by atoms with Crippen LogP contribution in [-0.2, 0) is 4.79 Å². The first kappa shape index (κ1) is 13.6. The maximum absolute atomic E-state index is 12.5. The number of hydrogen-bond donors (Lipinski definition) is 2. The Morgan fingerprint density at radius 1 is 1.10 bits per heavy atom. The lowest BCUT2D eigenvalue weighted by atomic mass is 10.1. The van der Waals surface area contributed by atoms with Crippen molar-refractivity contribution in [2.24, 2.45) is 0 Å². The molecular weight excluding hydrogens is 262 g/mol. The number of carbonyl (C=O) groups is 2. The number of amides is 2. The third-order valence-electron chi connectivity index (χ3n) is 4.67. The summed E-state index contributed by atoms with van der Waals surface area (Å²) in [6.45, 7) is 3.42. The molecule has 3 heterocycles. The molecule has 0 aromatic rings. The summed E-state index contributed by atoms with van der Waals surface area (Å²) in [5.41, 5.74) is 0. The SMILES string of the molecule is O=C(O)[C@@H]1CC(O)CN1C(=O)N1CCN2CCCC2C1. The smallest absolute Gasteiger partial charge is 0.326 e. The Bertz CT molecular complexity index is 416. The van der Waals surface area contributed by atoms with Crippen molar-refractivity contribution >= 4 is 12.0 Å². The molecule has 0 aromatic heterocycles. The van der Waals surface area contributed by atoms with Crippen LogP contribution in [0, 0.1) is 0 Å². The minimum atomic E-state index is -1.03. The summed E-state index contributed by atoms with van der Waals surface area (Å²) in [5.74, 6) is -1.03. The molecule has 0 bridgehead atoms. The Balaban J connectivity index is 1.67. The first-order valence-electron chi connectivity index (χ1n) is 7.26. The molecule has 3 atom stereocenters. The minimum absolute atomic E-state index is 0.126. The van der Waals surface area contributed by atoms with E-state index in [1.165, 1.54) is 11.3 Å². The zero-order valence-corrected chi connectivity index (χ0v) is 11.4. The van der Waals surface area contributed by atoms with Crippen molar-refractivity contribution in [3.05, 3.63) is 0 Å². The Hall–Kier alpha value is -1.34. The van der Waals surface area contributed by atoms with Gasteiger partial charge in [0.1, 0.15) is 6.04 Å². The molecule has 0 aliphatic carbocycles. The van der Waals surface area contributed by atoms with Crippen LogP contribution in [0.25, 0.3) is 0 Å². The highest BCUT2D eigenvalue weighted by molar-refractivity contribution is 5.83. The molecule has 3 rings (SSSR count). The highest BCUT2D eigenvalue weighted by Crippen LogP contribution is 2.25. The van der Waals surface area contributed by atoms with Gasteiger partial charge in [0.05, 0.1) is 6.10 Å². The van der Waals surface area contributed by atoms with Crippen LogP contribution in [0.1, 0.15) is 19.3 Å². The van der Waals surface area contributed by atoms with Gasteiger partial charge in [0.15, 0.2) is 0 Å². The van der Waals surface area contributed by atoms with E-state index in [0.717, 1.165) is 19.5 Å². The number of carboxylic acid groups (broad SMARTS) is 1. The van der Waals surface area contributed by atoms with Crippen molar-refractivity contribution in [2.45, 2.75) is 37.5 Å². The maximum atomic E-state index is 12.5. The van der Waals surface area contributed by atoms with Gasteiger partial charge in [0.2, 0.25) is 0 Å². The fourth-order valence-corrected chi connectivity index (χ4v) is 3.61. The second-order valence-corrected chi connectivity index (χ2v) is 5.96. The molecule has 3 aliphatic rings. The topological polar surface area (TPSA) is 84.3 Å². The number of aliphatic carboxylic acids is 1. The summed E-state index contributed by atoms with van der Waals surface area (Å²) < 4.78 is 0. The molecule has 0 aromatic carbocycles. The van der Waals surface area contributed by atoms with Crippen LogP contribution in [0.5, 0.6) is 0 Å². The van der Waals surface area contributed by atoms with Crippen molar-refractivity contribution in [3.8, 4) is 0 Å². The number of rotatable bonds is 1. The Morgan fingerprint density at radius 3 is 2.65 bits per heavy atom. The van der Waals surface area contributed by atoms with Gasteiger partial charge < -0.3 is 20.0 Å². The largest absolute Gasteiger partial charge is 0.480 e. The molecule has 0 spiro atoms. The van der Waals surface area contributed by atoms with Crippen molar-refractivity contribution in [1.82, 2.24) is 14.7 Å². The van der Waals surface area contributed by atoms with E-state index in [9.17, 15) is 14.7 Å². The van der Waals surface area contributed by atoms with Crippen LogP contribution in [-0.4, -0.2) is 87.8 Å². The molecule has 2 unspecified atom stereocenters. The summed E-state index contributed by atoms with van der Waals surface area (Å²) in [7, 11) is 0. The Labute approximate surface area is 117 Å². The molecule has 3 aliphatic heterocycles. The number of carboxylic acids is 1. The molecule has 2 amide bonds. The summed E-state index contributed by atoms with van der Waals surface area (Å²) >= 11 is 0. The summed E-state index contributed by atoms with van der Waals surface area (Å²) in [5, 5.41) is 18.8. The number of aliphatic hydroxyl groups is 1. The van der Waals surface area contributed by atoms with Crippen LogP contribution < -0.4 is 0 Å². The summed E-state index contributed by atoms with van der Waals surface area (Å²) in [4.78, 5) is 29.2. The van der Waals surface area contributed by atoms with Gasteiger partial charge in [0, 0.05) is 38.6 Å². The van der Waals surface area contributed by atoms with Gasteiger partial charge in [0.25, 0.3) is 0 Å². The molecule has 20 heavy (non-hydrogen) atoms. The van der Waals surface area contributed by atoms with Gasteiger partial charge >= 0.3 is 12.0 Å². The zero-order chi connectivity index (χ0) is 14.3. The predicted octanol–water partition coefficient (Wildman–Crippen LogP) is -0.594. The third kappa shape index (κ3) is 2.35. The second kappa shape index (κ2) is 5.21. The molecule has 0 saturated carbocycles. The van der Waals surface area contributed by atoms with Gasteiger partial charge in [-0.1, -0.05) is 0 Å². The van der Waals surface area contributed by atoms with E-state index in [-0.39, 0.29) is 19.0 Å². The molecule has 3 saturated heterocycles. The van der Waals surface area contributed by atoms with E-state index in [1.807, 2.05) is 0 Å². The lowest BCUT2D eigenvalue weighted by molar-refractivity contribution is -0.141. The van der Waals surface area contributed by atoms with Gasteiger partial charge in [-0.05, 0) is 19.4 Å². The Kier molecular flexibility index (Phi) is 3.55. The van der Waals surface area contributed by atoms with E-state index in [0.29, 0.717) is 19.1 Å². The average Bonchev–Trinajstić information content (AvgIpc) is 3.02. The van der Waals surface area contributed by atoms with Gasteiger partial charge in [-0.25, -0.2) is 9.59 Å². The number of β-amino-alcohol motifs (C(OH)–C–C–N with tert-alkyl or cyclic N) is 1. The normalized spacial score (nSPS) is 34.4. The van der Waals surface area contributed by atoms with Crippen LogP contribution in [0.4, 0.5) is 4.79 Å². The van der Waals surface area contributed by atoms with Crippen molar-refractivity contribution in [2.75, 3.05) is 32.7 Å². The first-order valence-corrected chi connectivity index (χ1v) is 7.26. The number of nitrogens with zero attached hydrogens (tertiary/aromatic N) is 3. The zero-order valence-electron chi connectivity index (χ0n) is 11.4. The van der Waals surface area contributed by atoms with E-state index in [1.54, 1.807) is 4.90 Å². The van der Waals surface area contributed by atoms with Gasteiger partial charge in [-0.3, -0.25) is 4.90 Å². The molecule has 3 fully saturated rings. The predicted molar refractivity (Wildman–Crippen MR) is 70.3 cm³/mol. The van der Waals surface area contributed by atoms with E-state index >= 15 is 0 Å². The third-order valence-corrected chi connectivity index (χ3v) is 4.67. The Morgan fingerprint density at radius 2 is 1.90 bits per heavy atom. The van der Waals surface area contributed by atoms with Crippen LogP contribution in [0.2, 0.25) is 0 Å². The molecule has 7 nitrogen and oxygen atoms in total. The number of fused-ring (bicyclic) bond motifs is 1. The van der Waals surface area contributed by atoms with E-state index in [2.05, 4.69) is 4.90 Å². The number of hydrogen-bond acceptors (Lipinski definition) is 4. The molecule has 2 N–H and O–H groups in total. The summed E-state index contributed by atoms with van der Waals surface area (Å²) in [6.07, 6.45) is 1.68. The molecule has 112 valence electrons. The molecule has 0 radical (unpaired) electrons. The second-order valence-electron chi connectivity index (χ2n) is 5.96. The van der Waals surface area contributed by atoms with Crippen LogP contribution in [0.15, 0.2) is 0 Å². The number of urea groups is 1. The molecule has 7 heteroatoms. The fraction of sp³-hybridized carbons (Fsp3) is 0.846. The average molecular weight is 283 g/mol. The van der Waals surface area contributed by atoms with Gasteiger partial charge in [-0.2, -0.15) is 0 Å². The van der Waals surface area contributed by atoms with Gasteiger partial charge in [-0.15, -0.1) is 0 Å². The number of carbonyl (C=O) groups excluding carboxylic acids is 1. The number of aliphatic hydroxyl groups excluding tert-OH is 1. The minimum Gasteiger partial charge on any atom is -0.480 e. The van der Waals surface area contributed by atoms with E-state index in [4.69, 9.17) is 5.11 Å². The monoisotopic (exact) mass is 283 g/mol. The first-order chi connectivity index (χ1) is 9.56. The van der Waals surface area contributed by atoms with Crippen LogP contribution in [0.3, 0.4) is 0 Å². The van der Waals surface area contributed by atoms with E-state index < -0.39 is 18.1 Å². The van der Waals surface area contributed by atoms with Crippen molar-refractivity contribution < 1.29 is 19.8 Å². The lowest BCUT2D eigenvalue weighted by Gasteiger charge is -2.39. The standard InChI is InChI=1S/C13H21N3O4/c17-10-6-11(12(18)19)16(8-10)13(20)15-5-4-14-3-1-2-9(14)7-15/h9-11,17H,1-8H2,(H,18,19)/t9?,10?,11-/m0/s1.